The van der Waals surface area contributed by atoms with E-state index >= 15 is 0 Å². The molecule has 0 spiro atoms. The molecule has 1 unspecified atom stereocenters. The Morgan fingerprint density at radius 2 is 1.81 bits per heavy atom. The molecule has 0 heterocycles. The fourth-order valence-corrected chi connectivity index (χ4v) is 3.54. The molecule has 0 aliphatic carbocycles. The summed E-state index contributed by atoms with van der Waals surface area (Å²) < 4.78 is 34.0. The zero-order chi connectivity index (χ0) is 22.0. The molecule has 0 saturated heterocycles. The van der Waals surface area contributed by atoms with Crippen molar-refractivity contribution in [3.63, 3.8) is 0 Å². The second-order valence-electron chi connectivity index (χ2n) is 7.15. The number of sulfone groups is 1. The van der Waals surface area contributed by atoms with Crippen LogP contribution in [0.15, 0.2) is 53.5 Å². The Bertz CT molecular complexity index is 937. The third-order valence-corrected chi connectivity index (χ3v) is 5.43. The SMILES string of the molecule is CN=C(NCc1ccc(OCc2ccccc2)c(OC)c1)NC(C)CCS(C)(=O)=O.I. The second-order valence-corrected chi connectivity index (χ2v) is 9.41. The number of rotatable bonds is 10. The Labute approximate surface area is 202 Å². The van der Waals surface area contributed by atoms with Gasteiger partial charge < -0.3 is 20.1 Å². The highest BCUT2D eigenvalue weighted by Crippen LogP contribution is 2.28. The minimum absolute atomic E-state index is 0. The first kappa shape index (κ1) is 27.0. The summed E-state index contributed by atoms with van der Waals surface area (Å²) in [7, 11) is 0.320. The third kappa shape index (κ3) is 10.2. The molecule has 7 nitrogen and oxygen atoms in total. The normalized spacial score (nSPS) is 12.5. The summed E-state index contributed by atoms with van der Waals surface area (Å²) >= 11 is 0. The van der Waals surface area contributed by atoms with Gasteiger partial charge in [-0.05, 0) is 36.6 Å². The van der Waals surface area contributed by atoms with Crippen LogP contribution >= 0.6 is 24.0 Å². The van der Waals surface area contributed by atoms with E-state index in [2.05, 4.69) is 15.6 Å². The van der Waals surface area contributed by atoms with E-state index in [1.807, 2.05) is 55.5 Å². The Hall–Kier alpha value is -2.01. The molecule has 31 heavy (non-hydrogen) atoms. The molecule has 0 bridgehead atoms. The first-order valence-corrected chi connectivity index (χ1v) is 11.9. The van der Waals surface area contributed by atoms with Crippen molar-refractivity contribution in [2.24, 2.45) is 4.99 Å². The standard InChI is InChI=1S/C22H31N3O4S.HI/c1-17(12-13-30(4,26)27)25-22(23-2)24-15-19-10-11-20(21(14-19)28-3)29-16-18-8-6-5-7-9-18;/h5-11,14,17H,12-13,15-16H2,1-4H3,(H2,23,24,25);1H. The molecule has 0 radical (unpaired) electrons. The molecule has 0 aliphatic heterocycles. The van der Waals surface area contributed by atoms with Gasteiger partial charge in [-0.25, -0.2) is 8.42 Å². The van der Waals surface area contributed by atoms with Gasteiger partial charge in [0, 0.05) is 25.9 Å². The van der Waals surface area contributed by atoms with Gasteiger partial charge in [-0.2, -0.15) is 0 Å². The summed E-state index contributed by atoms with van der Waals surface area (Å²) in [6.07, 6.45) is 1.76. The fraction of sp³-hybridized carbons (Fsp3) is 0.409. The van der Waals surface area contributed by atoms with Gasteiger partial charge in [0.2, 0.25) is 0 Å². The van der Waals surface area contributed by atoms with E-state index in [-0.39, 0.29) is 35.8 Å². The number of nitrogens with one attached hydrogen (secondary N) is 2. The summed E-state index contributed by atoms with van der Waals surface area (Å²) in [6.45, 7) is 2.93. The van der Waals surface area contributed by atoms with Gasteiger partial charge in [0.25, 0.3) is 0 Å². The molecule has 0 fully saturated rings. The van der Waals surface area contributed by atoms with Crippen molar-refractivity contribution in [1.82, 2.24) is 10.6 Å². The predicted octanol–water partition coefficient (Wildman–Crippen LogP) is 3.38. The average molecular weight is 561 g/mol. The summed E-state index contributed by atoms with van der Waals surface area (Å²) in [5.41, 5.74) is 2.09. The monoisotopic (exact) mass is 561 g/mol. The van der Waals surface area contributed by atoms with Crippen LogP contribution in [0, 0.1) is 0 Å². The number of hydrogen-bond acceptors (Lipinski definition) is 5. The molecule has 0 aliphatic rings. The minimum atomic E-state index is -2.98. The van der Waals surface area contributed by atoms with E-state index in [0.29, 0.717) is 37.0 Å². The maximum atomic E-state index is 11.3. The maximum absolute atomic E-state index is 11.3. The number of hydrogen-bond donors (Lipinski definition) is 2. The molecule has 0 aromatic heterocycles. The summed E-state index contributed by atoms with van der Waals surface area (Å²) in [6, 6.07) is 15.7. The van der Waals surface area contributed by atoms with Crippen LogP contribution in [0.25, 0.3) is 0 Å². The quantitative estimate of drug-likeness (QED) is 0.263. The second kappa shape index (κ2) is 13.4. The molecular formula is C22H32IN3O4S. The zero-order valence-corrected chi connectivity index (χ0v) is 21.6. The fourth-order valence-electron chi connectivity index (χ4n) is 2.75. The molecular weight excluding hydrogens is 529 g/mol. The van der Waals surface area contributed by atoms with Crippen molar-refractivity contribution in [3.05, 3.63) is 59.7 Å². The van der Waals surface area contributed by atoms with Crippen LogP contribution in [0.1, 0.15) is 24.5 Å². The molecule has 2 aromatic rings. The number of nitrogens with zero attached hydrogens (tertiary/aromatic N) is 1. The topological polar surface area (TPSA) is 89.0 Å². The largest absolute Gasteiger partial charge is 0.493 e. The third-order valence-electron chi connectivity index (χ3n) is 4.45. The van der Waals surface area contributed by atoms with Crippen molar-refractivity contribution < 1.29 is 17.9 Å². The van der Waals surface area contributed by atoms with Gasteiger partial charge in [-0.15, -0.1) is 24.0 Å². The van der Waals surface area contributed by atoms with Crippen LogP contribution < -0.4 is 20.1 Å². The van der Waals surface area contributed by atoms with Crippen LogP contribution in [0.5, 0.6) is 11.5 Å². The van der Waals surface area contributed by atoms with Crippen molar-refractivity contribution in [2.75, 3.05) is 26.2 Å². The highest BCUT2D eigenvalue weighted by Gasteiger charge is 2.10. The number of benzene rings is 2. The first-order chi connectivity index (χ1) is 14.3. The minimum Gasteiger partial charge on any atom is -0.493 e. The Morgan fingerprint density at radius 1 is 1.10 bits per heavy atom. The first-order valence-electron chi connectivity index (χ1n) is 9.79. The van der Waals surface area contributed by atoms with E-state index in [9.17, 15) is 8.42 Å². The van der Waals surface area contributed by atoms with Crippen molar-refractivity contribution in [2.45, 2.75) is 32.5 Å². The molecule has 2 rings (SSSR count). The van der Waals surface area contributed by atoms with E-state index in [1.165, 1.54) is 6.26 Å². The van der Waals surface area contributed by atoms with Gasteiger partial charge in [0.1, 0.15) is 16.4 Å². The molecule has 0 amide bonds. The van der Waals surface area contributed by atoms with Gasteiger partial charge >= 0.3 is 0 Å². The van der Waals surface area contributed by atoms with Gasteiger partial charge in [-0.3, -0.25) is 4.99 Å². The number of halogens is 1. The van der Waals surface area contributed by atoms with Crippen molar-refractivity contribution in [3.8, 4) is 11.5 Å². The smallest absolute Gasteiger partial charge is 0.191 e. The van der Waals surface area contributed by atoms with Gasteiger partial charge in [0.15, 0.2) is 17.5 Å². The van der Waals surface area contributed by atoms with Crippen LogP contribution in [0.2, 0.25) is 0 Å². The zero-order valence-electron chi connectivity index (χ0n) is 18.4. The molecule has 9 heteroatoms. The Balaban J connectivity index is 0.00000480. The number of ether oxygens (including phenoxy) is 2. The number of guanidine groups is 1. The average Bonchev–Trinajstić information content (AvgIpc) is 2.74. The van der Waals surface area contributed by atoms with E-state index in [0.717, 1.165) is 11.1 Å². The lowest BCUT2D eigenvalue weighted by Gasteiger charge is -2.18. The lowest BCUT2D eigenvalue weighted by molar-refractivity contribution is 0.284. The Morgan fingerprint density at radius 3 is 2.42 bits per heavy atom. The summed E-state index contributed by atoms with van der Waals surface area (Å²) in [5, 5.41) is 6.44. The van der Waals surface area contributed by atoms with Crippen LogP contribution in [-0.4, -0.2) is 46.6 Å². The lowest BCUT2D eigenvalue weighted by atomic mass is 10.2. The van der Waals surface area contributed by atoms with Gasteiger partial charge in [0.05, 0.1) is 12.9 Å². The van der Waals surface area contributed by atoms with Crippen molar-refractivity contribution in [1.29, 1.82) is 0 Å². The highest BCUT2D eigenvalue weighted by molar-refractivity contribution is 14.0. The predicted molar refractivity (Wildman–Crippen MR) is 136 cm³/mol. The molecule has 2 N–H and O–H groups in total. The van der Waals surface area contributed by atoms with Crippen molar-refractivity contribution >= 4 is 39.8 Å². The van der Waals surface area contributed by atoms with Crippen LogP contribution in [0.4, 0.5) is 0 Å². The molecule has 2 aromatic carbocycles. The van der Waals surface area contributed by atoms with Crippen LogP contribution in [-0.2, 0) is 23.0 Å². The summed E-state index contributed by atoms with van der Waals surface area (Å²) in [4.78, 5) is 4.20. The van der Waals surface area contributed by atoms with E-state index < -0.39 is 9.84 Å². The molecule has 1 atom stereocenters. The lowest BCUT2D eigenvalue weighted by Crippen LogP contribution is -2.42. The van der Waals surface area contributed by atoms with E-state index in [1.54, 1.807) is 14.2 Å². The van der Waals surface area contributed by atoms with Gasteiger partial charge in [-0.1, -0.05) is 36.4 Å². The summed E-state index contributed by atoms with van der Waals surface area (Å²) in [5.74, 6) is 2.09. The van der Waals surface area contributed by atoms with Crippen LogP contribution in [0.3, 0.4) is 0 Å². The number of aliphatic imine (C=N–C) groups is 1. The number of methoxy groups -OCH3 is 1. The molecule has 0 saturated carbocycles. The highest BCUT2D eigenvalue weighted by atomic mass is 127. The van der Waals surface area contributed by atoms with E-state index in [4.69, 9.17) is 9.47 Å². The Kier molecular flexibility index (Phi) is 11.7. The maximum Gasteiger partial charge on any atom is 0.191 e. The molecule has 172 valence electrons.